The summed E-state index contributed by atoms with van der Waals surface area (Å²) in [5, 5.41) is 9.49. The molecule has 7 nitrogen and oxygen atoms in total. The van der Waals surface area contributed by atoms with Crippen LogP contribution in [-0.2, 0) is 6.61 Å². The molecule has 7 heteroatoms. The van der Waals surface area contributed by atoms with E-state index in [0.717, 1.165) is 0 Å². The van der Waals surface area contributed by atoms with E-state index in [4.69, 9.17) is 0 Å². The van der Waals surface area contributed by atoms with Crippen molar-refractivity contribution in [3.8, 4) is 22.8 Å². The Balaban J connectivity index is 2.20. The summed E-state index contributed by atoms with van der Waals surface area (Å²) in [5.41, 5.74) is 3.42. The van der Waals surface area contributed by atoms with E-state index < -0.39 is 0 Å². The molecule has 0 saturated carbocycles. The van der Waals surface area contributed by atoms with Gasteiger partial charge < -0.3 is 5.11 Å². The summed E-state index contributed by atoms with van der Waals surface area (Å²) in [5.74, 6) is 0. The second-order valence-electron chi connectivity index (χ2n) is 4.29. The van der Waals surface area contributed by atoms with Gasteiger partial charge in [-0.3, -0.25) is 24.9 Å². The molecule has 3 rings (SSSR count). The molecule has 3 heterocycles. The van der Waals surface area contributed by atoms with E-state index in [-0.39, 0.29) is 6.61 Å². The Morgan fingerprint density at radius 3 is 2.00 bits per heavy atom. The minimum Gasteiger partial charge on any atom is -0.390 e. The van der Waals surface area contributed by atoms with Gasteiger partial charge in [0.15, 0.2) is 0 Å². The number of hydrogen-bond acceptors (Lipinski definition) is 7. The SMILES string of the molecule is Cc1nc(CO)c(-c2cnccn2)nc1-c1cnccn1. The Bertz CT molecular complexity index is 748. The number of rotatable bonds is 3. The van der Waals surface area contributed by atoms with Crippen molar-refractivity contribution in [2.24, 2.45) is 0 Å². The lowest BCUT2D eigenvalue weighted by Gasteiger charge is -2.10. The van der Waals surface area contributed by atoms with Crippen LogP contribution in [0.15, 0.2) is 37.2 Å². The maximum Gasteiger partial charge on any atom is 0.115 e. The van der Waals surface area contributed by atoms with E-state index in [0.29, 0.717) is 34.2 Å². The molecular weight excluding hydrogens is 268 g/mol. The van der Waals surface area contributed by atoms with Crippen molar-refractivity contribution in [2.45, 2.75) is 13.5 Å². The van der Waals surface area contributed by atoms with E-state index in [1.807, 2.05) is 6.92 Å². The van der Waals surface area contributed by atoms with Crippen LogP contribution < -0.4 is 0 Å². The van der Waals surface area contributed by atoms with E-state index in [1.54, 1.807) is 37.2 Å². The fraction of sp³-hybridized carbons (Fsp3) is 0.143. The van der Waals surface area contributed by atoms with E-state index in [2.05, 4.69) is 29.9 Å². The normalized spacial score (nSPS) is 10.6. The molecule has 104 valence electrons. The van der Waals surface area contributed by atoms with E-state index >= 15 is 0 Å². The third kappa shape index (κ3) is 2.59. The average Bonchev–Trinajstić information content (AvgIpc) is 2.56. The maximum absolute atomic E-state index is 9.49. The Morgan fingerprint density at radius 2 is 1.48 bits per heavy atom. The molecule has 21 heavy (non-hydrogen) atoms. The molecule has 0 aliphatic carbocycles. The van der Waals surface area contributed by atoms with Gasteiger partial charge in [0.1, 0.15) is 22.8 Å². The van der Waals surface area contributed by atoms with Gasteiger partial charge >= 0.3 is 0 Å². The van der Waals surface area contributed by atoms with Crippen LogP contribution >= 0.6 is 0 Å². The van der Waals surface area contributed by atoms with Gasteiger partial charge in [-0.2, -0.15) is 0 Å². The number of hydrogen-bond donors (Lipinski definition) is 1. The number of aliphatic hydroxyl groups excluding tert-OH is 1. The van der Waals surface area contributed by atoms with Crippen LogP contribution in [0.3, 0.4) is 0 Å². The first kappa shape index (κ1) is 13.2. The zero-order valence-electron chi connectivity index (χ0n) is 11.3. The lowest BCUT2D eigenvalue weighted by Crippen LogP contribution is -2.04. The van der Waals surface area contributed by atoms with Crippen molar-refractivity contribution >= 4 is 0 Å². The Labute approximate surface area is 120 Å². The highest BCUT2D eigenvalue weighted by Crippen LogP contribution is 2.24. The highest BCUT2D eigenvalue weighted by molar-refractivity contribution is 5.63. The molecule has 1 N–H and O–H groups in total. The predicted octanol–water partition coefficient (Wildman–Crippen LogP) is 1.19. The van der Waals surface area contributed by atoms with Crippen LogP contribution in [0.4, 0.5) is 0 Å². The van der Waals surface area contributed by atoms with Gasteiger partial charge in [0, 0.05) is 24.8 Å². The highest BCUT2D eigenvalue weighted by atomic mass is 16.3. The summed E-state index contributed by atoms with van der Waals surface area (Å²) in [7, 11) is 0. The Morgan fingerprint density at radius 1 is 0.857 bits per heavy atom. The van der Waals surface area contributed by atoms with Crippen molar-refractivity contribution in [2.75, 3.05) is 0 Å². The highest BCUT2D eigenvalue weighted by Gasteiger charge is 2.15. The van der Waals surface area contributed by atoms with Crippen LogP contribution in [0.1, 0.15) is 11.4 Å². The van der Waals surface area contributed by atoms with Gasteiger partial charge in [0.2, 0.25) is 0 Å². The van der Waals surface area contributed by atoms with Gasteiger partial charge in [-0.15, -0.1) is 0 Å². The molecule has 0 aromatic carbocycles. The Hall–Kier alpha value is -2.80. The molecule has 3 aromatic rings. The van der Waals surface area contributed by atoms with Gasteiger partial charge in [-0.05, 0) is 6.92 Å². The number of nitrogens with zero attached hydrogens (tertiary/aromatic N) is 6. The molecule has 3 aromatic heterocycles. The third-order valence-corrected chi connectivity index (χ3v) is 2.90. The van der Waals surface area contributed by atoms with Crippen molar-refractivity contribution in [1.82, 2.24) is 29.9 Å². The second-order valence-corrected chi connectivity index (χ2v) is 4.29. The largest absolute Gasteiger partial charge is 0.390 e. The third-order valence-electron chi connectivity index (χ3n) is 2.90. The minimum atomic E-state index is -0.222. The smallest absolute Gasteiger partial charge is 0.115 e. The lowest BCUT2D eigenvalue weighted by molar-refractivity contribution is 0.276. The fourth-order valence-corrected chi connectivity index (χ4v) is 1.97. The molecule has 0 bridgehead atoms. The van der Waals surface area contributed by atoms with Gasteiger partial charge in [0.25, 0.3) is 0 Å². The van der Waals surface area contributed by atoms with Gasteiger partial charge in [-0.25, -0.2) is 4.98 Å². The summed E-state index contributed by atoms with van der Waals surface area (Å²) in [6.07, 6.45) is 9.54. The topological polar surface area (TPSA) is 97.6 Å². The molecule has 0 fully saturated rings. The monoisotopic (exact) mass is 280 g/mol. The zero-order valence-corrected chi connectivity index (χ0v) is 11.3. The first-order chi connectivity index (χ1) is 10.3. The molecule has 0 spiro atoms. The Kier molecular flexibility index (Phi) is 3.57. The van der Waals surface area contributed by atoms with E-state index in [1.165, 1.54) is 0 Å². The van der Waals surface area contributed by atoms with Gasteiger partial charge in [0.05, 0.1) is 30.4 Å². The molecule has 0 radical (unpaired) electrons. The van der Waals surface area contributed by atoms with Crippen LogP contribution in [0.2, 0.25) is 0 Å². The van der Waals surface area contributed by atoms with Crippen LogP contribution in [-0.4, -0.2) is 35.0 Å². The average molecular weight is 280 g/mol. The molecular formula is C14H12N6O. The first-order valence-electron chi connectivity index (χ1n) is 6.30. The molecule has 0 aliphatic heterocycles. The molecule has 0 aliphatic rings. The van der Waals surface area contributed by atoms with Crippen LogP contribution in [0.25, 0.3) is 22.8 Å². The lowest BCUT2D eigenvalue weighted by atomic mass is 10.2. The minimum absolute atomic E-state index is 0.222. The van der Waals surface area contributed by atoms with Crippen molar-refractivity contribution in [3.05, 3.63) is 48.6 Å². The summed E-state index contributed by atoms with van der Waals surface area (Å²) >= 11 is 0. The predicted molar refractivity (Wildman–Crippen MR) is 74.7 cm³/mol. The van der Waals surface area contributed by atoms with Crippen molar-refractivity contribution < 1.29 is 5.11 Å². The summed E-state index contributed by atoms with van der Waals surface area (Å²) < 4.78 is 0. The van der Waals surface area contributed by atoms with E-state index in [9.17, 15) is 5.11 Å². The van der Waals surface area contributed by atoms with Crippen molar-refractivity contribution in [3.63, 3.8) is 0 Å². The summed E-state index contributed by atoms with van der Waals surface area (Å²) in [6.45, 7) is 1.59. The molecule has 0 unspecified atom stereocenters. The molecule has 0 amide bonds. The zero-order chi connectivity index (χ0) is 14.7. The first-order valence-corrected chi connectivity index (χ1v) is 6.30. The molecule has 0 atom stereocenters. The number of aryl methyl sites for hydroxylation is 1. The van der Waals surface area contributed by atoms with Crippen LogP contribution in [0, 0.1) is 6.92 Å². The quantitative estimate of drug-likeness (QED) is 0.769. The van der Waals surface area contributed by atoms with Crippen LogP contribution in [0.5, 0.6) is 0 Å². The number of aromatic nitrogens is 6. The maximum atomic E-state index is 9.49. The second kappa shape index (κ2) is 5.68. The fourth-order valence-electron chi connectivity index (χ4n) is 1.97. The summed E-state index contributed by atoms with van der Waals surface area (Å²) in [6, 6.07) is 0. The molecule has 0 saturated heterocycles. The number of aliphatic hydroxyl groups is 1. The van der Waals surface area contributed by atoms with Crippen molar-refractivity contribution in [1.29, 1.82) is 0 Å². The standard InChI is InChI=1S/C14H12N6O/c1-9-13(10-6-15-2-4-17-10)20-14(12(8-21)19-9)11-7-16-3-5-18-11/h2-7,21H,8H2,1H3. The summed E-state index contributed by atoms with van der Waals surface area (Å²) in [4.78, 5) is 25.5. The van der Waals surface area contributed by atoms with Gasteiger partial charge in [-0.1, -0.05) is 0 Å².